The first kappa shape index (κ1) is 29.1. The lowest BCUT2D eigenvalue weighted by molar-refractivity contribution is -0.147. The third-order valence-corrected chi connectivity index (χ3v) is 8.33. The molecule has 0 aliphatic carbocycles. The molecule has 0 aromatic heterocycles. The summed E-state index contributed by atoms with van der Waals surface area (Å²) >= 11 is 0. The van der Waals surface area contributed by atoms with Crippen LogP contribution >= 0.6 is 0 Å². The fraction of sp³-hybridized carbons (Fsp3) is 0.645. The molecule has 0 radical (unpaired) electrons. The van der Waals surface area contributed by atoms with Crippen LogP contribution in [-0.4, -0.2) is 65.5 Å². The highest BCUT2D eigenvalue weighted by atomic mass is 19.1. The first-order valence-electron chi connectivity index (χ1n) is 14.2. The van der Waals surface area contributed by atoms with Crippen LogP contribution in [0.2, 0.25) is 0 Å². The van der Waals surface area contributed by atoms with Crippen LogP contribution in [0.25, 0.3) is 0 Å². The summed E-state index contributed by atoms with van der Waals surface area (Å²) in [4.78, 5) is 43.7. The van der Waals surface area contributed by atoms with E-state index in [9.17, 15) is 18.8 Å². The van der Waals surface area contributed by atoms with Gasteiger partial charge in [-0.25, -0.2) is 9.18 Å². The van der Waals surface area contributed by atoms with Gasteiger partial charge < -0.3 is 19.9 Å². The first-order chi connectivity index (χ1) is 18.3. The third kappa shape index (κ3) is 7.20. The molecule has 2 atom stereocenters. The Kier molecular flexibility index (Phi) is 8.43. The van der Waals surface area contributed by atoms with Crippen LogP contribution < -0.4 is 5.32 Å². The van der Waals surface area contributed by atoms with Crippen molar-refractivity contribution in [1.29, 1.82) is 0 Å². The fourth-order valence-corrected chi connectivity index (χ4v) is 6.18. The predicted octanol–water partition coefficient (Wildman–Crippen LogP) is 5.41. The van der Waals surface area contributed by atoms with Crippen molar-refractivity contribution in [3.63, 3.8) is 0 Å². The van der Waals surface area contributed by atoms with E-state index in [0.717, 1.165) is 12.0 Å². The van der Waals surface area contributed by atoms with E-state index in [1.54, 1.807) is 11.0 Å². The molecule has 1 spiro atoms. The SMILES string of the molecule is CC1(C)C/C=C/CC2(CCN(C(=O)OC(C)(C)C)CC2)C(=O)N2CC[C@H](c3cccc(F)c3)[C@@H](C2)NC(=O)C1. The van der Waals surface area contributed by atoms with Crippen molar-refractivity contribution in [3.8, 4) is 0 Å². The van der Waals surface area contributed by atoms with Crippen LogP contribution in [0.3, 0.4) is 0 Å². The number of amides is 3. The number of carbonyl (C=O) groups excluding carboxylic acids is 3. The van der Waals surface area contributed by atoms with Crippen molar-refractivity contribution in [2.24, 2.45) is 10.8 Å². The number of benzene rings is 1. The summed E-state index contributed by atoms with van der Waals surface area (Å²) in [5.74, 6) is -0.352. The van der Waals surface area contributed by atoms with Gasteiger partial charge in [-0.15, -0.1) is 0 Å². The van der Waals surface area contributed by atoms with Gasteiger partial charge in [0, 0.05) is 38.5 Å². The highest BCUT2D eigenvalue weighted by Crippen LogP contribution is 2.40. The maximum Gasteiger partial charge on any atom is 0.410 e. The normalized spacial score (nSPS) is 26.6. The third-order valence-electron chi connectivity index (χ3n) is 8.33. The van der Waals surface area contributed by atoms with Crippen molar-refractivity contribution >= 4 is 17.9 Å². The lowest BCUT2D eigenvalue weighted by Crippen LogP contribution is -2.58. The molecule has 2 saturated heterocycles. The zero-order valence-electron chi connectivity index (χ0n) is 24.1. The van der Waals surface area contributed by atoms with Gasteiger partial charge in [0.2, 0.25) is 11.8 Å². The van der Waals surface area contributed by atoms with E-state index in [1.165, 1.54) is 12.1 Å². The molecule has 3 heterocycles. The lowest BCUT2D eigenvalue weighted by atomic mass is 9.73. The molecular weight excluding hydrogens is 497 g/mol. The molecule has 1 N–H and O–H groups in total. The van der Waals surface area contributed by atoms with Crippen LogP contribution in [0.1, 0.15) is 84.6 Å². The molecule has 7 nitrogen and oxygen atoms in total. The van der Waals surface area contributed by atoms with Gasteiger partial charge in [-0.2, -0.15) is 0 Å². The van der Waals surface area contributed by atoms with Crippen molar-refractivity contribution in [2.75, 3.05) is 26.2 Å². The van der Waals surface area contributed by atoms with Gasteiger partial charge in [-0.05, 0) is 76.0 Å². The number of piperidine rings is 2. The van der Waals surface area contributed by atoms with Gasteiger partial charge >= 0.3 is 6.09 Å². The topological polar surface area (TPSA) is 79.0 Å². The van der Waals surface area contributed by atoms with Crippen LogP contribution in [0.15, 0.2) is 36.4 Å². The van der Waals surface area contributed by atoms with Gasteiger partial charge in [0.25, 0.3) is 0 Å². The molecule has 0 unspecified atom stereocenters. The average molecular weight is 542 g/mol. The van der Waals surface area contributed by atoms with Gasteiger partial charge in [-0.3, -0.25) is 9.59 Å². The molecule has 2 fully saturated rings. The second kappa shape index (κ2) is 11.3. The molecular formula is C31H44FN3O4. The Hall–Kier alpha value is -2.90. The zero-order chi connectivity index (χ0) is 28.4. The van der Waals surface area contributed by atoms with E-state index in [2.05, 4.69) is 31.3 Å². The van der Waals surface area contributed by atoms with Gasteiger partial charge in [0.15, 0.2) is 0 Å². The zero-order valence-corrected chi connectivity index (χ0v) is 24.1. The Morgan fingerprint density at radius 3 is 2.44 bits per heavy atom. The lowest BCUT2D eigenvalue weighted by Gasteiger charge is -2.46. The number of halogens is 1. The monoisotopic (exact) mass is 541 g/mol. The summed E-state index contributed by atoms with van der Waals surface area (Å²) < 4.78 is 19.7. The Bertz CT molecular complexity index is 1100. The Morgan fingerprint density at radius 1 is 1.08 bits per heavy atom. The van der Waals surface area contributed by atoms with E-state index in [1.807, 2.05) is 31.7 Å². The summed E-state index contributed by atoms with van der Waals surface area (Å²) in [5.41, 5.74) is -0.588. The maximum atomic E-state index is 14.2. The molecule has 3 aliphatic heterocycles. The van der Waals surface area contributed by atoms with Gasteiger partial charge in [0.1, 0.15) is 11.4 Å². The smallest absolute Gasteiger partial charge is 0.410 e. The van der Waals surface area contributed by atoms with Gasteiger partial charge in [-0.1, -0.05) is 38.1 Å². The highest BCUT2D eigenvalue weighted by molar-refractivity contribution is 5.84. The van der Waals surface area contributed by atoms with E-state index >= 15 is 0 Å². The molecule has 0 saturated carbocycles. The van der Waals surface area contributed by atoms with Crippen LogP contribution in [0.4, 0.5) is 9.18 Å². The van der Waals surface area contributed by atoms with Crippen LogP contribution in [0.5, 0.6) is 0 Å². The average Bonchev–Trinajstić information content (AvgIpc) is 2.85. The van der Waals surface area contributed by atoms with Crippen molar-refractivity contribution in [1.82, 2.24) is 15.1 Å². The van der Waals surface area contributed by atoms with E-state index < -0.39 is 11.0 Å². The number of hydrogen-bond donors (Lipinski definition) is 1. The predicted molar refractivity (Wildman–Crippen MR) is 149 cm³/mol. The Labute approximate surface area is 232 Å². The number of nitrogens with one attached hydrogen (secondary N) is 1. The number of fused-ring (bicyclic) bond motifs is 2. The van der Waals surface area contributed by atoms with E-state index in [4.69, 9.17) is 4.74 Å². The number of hydrogen-bond acceptors (Lipinski definition) is 4. The molecule has 2 bridgehead atoms. The molecule has 3 aliphatic rings. The number of rotatable bonds is 1. The minimum absolute atomic E-state index is 0.0475. The molecule has 4 rings (SSSR count). The molecule has 8 heteroatoms. The molecule has 214 valence electrons. The Balaban J connectivity index is 1.60. The number of nitrogens with zero attached hydrogens (tertiary/aromatic N) is 2. The van der Waals surface area contributed by atoms with E-state index in [0.29, 0.717) is 58.3 Å². The molecule has 1 aromatic carbocycles. The Morgan fingerprint density at radius 2 is 1.77 bits per heavy atom. The number of likely N-dealkylation sites (tertiary alicyclic amines) is 1. The number of ether oxygens (including phenoxy) is 1. The number of allylic oxidation sites excluding steroid dienone is 2. The van der Waals surface area contributed by atoms with Crippen LogP contribution in [0, 0.1) is 16.6 Å². The second-order valence-corrected chi connectivity index (χ2v) is 13.3. The highest BCUT2D eigenvalue weighted by Gasteiger charge is 2.46. The largest absolute Gasteiger partial charge is 0.444 e. The molecule has 39 heavy (non-hydrogen) atoms. The summed E-state index contributed by atoms with van der Waals surface area (Å²) in [5, 5.41) is 3.22. The second-order valence-electron chi connectivity index (χ2n) is 13.3. The summed E-state index contributed by atoms with van der Waals surface area (Å²) in [7, 11) is 0. The van der Waals surface area contributed by atoms with Crippen molar-refractivity contribution in [3.05, 3.63) is 47.8 Å². The molecule has 1 aromatic rings. The van der Waals surface area contributed by atoms with E-state index in [-0.39, 0.29) is 41.1 Å². The van der Waals surface area contributed by atoms with Crippen molar-refractivity contribution in [2.45, 2.75) is 90.7 Å². The van der Waals surface area contributed by atoms with Crippen molar-refractivity contribution < 1.29 is 23.5 Å². The van der Waals surface area contributed by atoms with Crippen LogP contribution in [-0.2, 0) is 14.3 Å². The number of carbonyl (C=O) groups is 3. The maximum absolute atomic E-state index is 14.2. The quantitative estimate of drug-likeness (QED) is 0.482. The fourth-order valence-electron chi connectivity index (χ4n) is 6.18. The first-order valence-corrected chi connectivity index (χ1v) is 14.2. The summed E-state index contributed by atoms with van der Waals surface area (Å²) in [6, 6.07) is 6.26. The summed E-state index contributed by atoms with van der Waals surface area (Å²) in [6.07, 6.45) is 7.28. The van der Waals surface area contributed by atoms with Gasteiger partial charge in [0.05, 0.1) is 11.5 Å². The minimum Gasteiger partial charge on any atom is -0.444 e. The minimum atomic E-state index is -0.618. The standard InChI is InChI=1S/C31H44FN3O4/c1-29(2,3)39-28(38)34-17-14-31(15-18-34)13-7-6-12-30(4,5)20-26(36)33-25-21-35(27(31)37)16-11-24(25)22-9-8-10-23(32)19-22/h6-10,19,24-25H,11-18,20-21H2,1-5H3,(H,33,36)/b7-6+/t24-,25-/m1/s1. The summed E-state index contributed by atoms with van der Waals surface area (Å²) in [6.45, 7) is 11.5. The molecule has 3 amide bonds.